The molecule has 43 heavy (non-hydrogen) atoms. The summed E-state index contributed by atoms with van der Waals surface area (Å²) in [5.74, 6) is -2.35. The summed E-state index contributed by atoms with van der Waals surface area (Å²) in [6.45, 7) is 3.65. The van der Waals surface area contributed by atoms with Crippen LogP contribution in [0.5, 0.6) is 0 Å². The van der Waals surface area contributed by atoms with E-state index in [9.17, 15) is 19.2 Å². The number of aliphatic hydroxyl groups is 1. The standard InChI is InChI=1S/C32H37NO10/c1-31(2)17-39-30(38)27(31)41-25(35)11-6-18-4-3-5-19(14-18)29(37)40-23-15-20(28(36)33-12-13-34)16-24-26(23)43-32(42-24,21-7-8-21)22-9-10-22/h3-6,11,14,16,21-24,26-27,34H,7-10,12-13,15,17H2,1-2H3,(H,33,36)/t23-,24-,26+,27+/m1/s1. The third kappa shape index (κ3) is 6.11. The highest BCUT2D eigenvalue weighted by atomic mass is 16.8. The van der Waals surface area contributed by atoms with Gasteiger partial charge in [0.2, 0.25) is 12.0 Å². The number of hydrogen-bond donors (Lipinski definition) is 2. The Kier molecular flexibility index (Phi) is 7.91. The molecule has 1 aromatic carbocycles. The van der Waals surface area contributed by atoms with Crippen LogP contribution in [0.15, 0.2) is 42.0 Å². The van der Waals surface area contributed by atoms with Crippen LogP contribution in [0.25, 0.3) is 6.08 Å². The number of carbonyl (C=O) groups excluding carboxylic acids is 4. The van der Waals surface area contributed by atoms with Crippen LogP contribution >= 0.6 is 0 Å². The number of esters is 3. The minimum absolute atomic E-state index is 0.108. The average Bonchev–Trinajstić information content (AvgIpc) is 3.93. The second-order valence-corrected chi connectivity index (χ2v) is 12.6. The summed E-state index contributed by atoms with van der Waals surface area (Å²) in [4.78, 5) is 50.6. The molecule has 0 radical (unpaired) electrons. The van der Waals surface area contributed by atoms with Crippen LogP contribution in [0.4, 0.5) is 0 Å². The zero-order chi connectivity index (χ0) is 30.4. The second kappa shape index (κ2) is 11.5. The summed E-state index contributed by atoms with van der Waals surface area (Å²) in [7, 11) is 0. The SMILES string of the molecule is CC1(C)COC(=O)[C@@H]1OC(=O)C=Cc1cccc(C(=O)O[C@@H]2CC(C(=O)NCCO)=C[C@H]3OC(C4CC4)(C4CC4)O[C@H]32)c1. The van der Waals surface area contributed by atoms with Crippen molar-refractivity contribution in [2.45, 2.75) is 76.2 Å². The van der Waals surface area contributed by atoms with E-state index in [2.05, 4.69) is 5.32 Å². The summed E-state index contributed by atoms with van der Waals surface area (Å²) in [6.07, 6.45) is 5.82. The fourth-order valence-corrected chi connectivity index (χ4v) is 6.08. The number of amides is 1. The van der Waals surface area contributed by atoms with Crippen molar-refractivity contribution in [1.29, 1.82) is 0 Å². The summed E-state index contributed by atoms with van der Waals surface area (Å²) >= 11 is 0. The number of aliphatic hydroxyl groups excluding tert-OH is 1. The molecule has 5 aliphatic rings. The molecule has 4 atom stereocenters. The molecular weight excluding hydrogens is 558 g/mol. The Morgan fingerprint density at radius 2 is 1.84 bits per heavy atom. The molecule has 4 fully saturated rings. The smallest absolute Gasteiger partial charge is 0.348 e. The average molecular weight is 596 g/mol. The van der Waals surface area contributed by atoms with Gasteiger partial charge in [0.15, 0.2) is 5.79 Å². The van der Waals surface area contributed by atoms with Gasteiger partial charge in [0.1, 0.15) is 24.9 Å². The van der Waals surface area contributed by atoms with E-state index in [0.29, 0.717) is 23.0 Å². The van der Waals surface area contributed by atoms with Crippen molar-refractivity contribution in [3.63, 3.8) is 0 Å². The molecule has 11 heteroatoms. The highest BCUT2D eigenvalue weighted by molar-refractivity contribution is 5.94. The lowest BCUT2D eigenvalue weighted by Crippen LogP contribution is -2.44. The third-order valence-corrected chi connectivity index (χ3v) is 8.64. The largest absolute Gasteiger partial charge is 0.462 e. The molecule has 0 bridgehead atoms. The van der Waals surface area contributed by atoms with Gasteiger partial charge in [-0.1, -0.05) is 26.0 Å². The van der Waals surface area contributed by atoms with E-state index in [-0.39, 0.29) is 37.6 Å². The predicted octanol–water partition coefficient (Wildman–Crippen LogP) is 2.46. The monoisotopic (exact) mass is 595 g/mol. The van der Waals surface area contributed by atoms with Gasteiger partial charge in [-0.3, -0.25) is 4.79 Å². The molecule has 2 saturated heterocycles. The van der Waals surface area contributed by atoms with Crippen LogP contribution in [0.1, 0.15) is 61.9 Å². The topological polar surface area (TPSA) is 147 Å². The summed E-state index contributed by atoms with van der Waals surface area (Å²) in [5, 5.41) is 11.8. The fourth-order valence-electron chi connectivity index (χ4n) is 6.08. The highest BCUT2D eigenvalue weighted by Crippen LogP contribution is 2.59. The van der Waals surface area contributed by atoms with Gasteiger partial charge in [-0.25, -0.2) is 14.4 Å². The molecular formula is C32H37NO10. The molecule has 1 amide bonds. The van der Waals surface area contributed by atoms with Crippen LogP contribution in [0, 0.1) is 17.3 Å². The Labute approximate surface area is 249 Å². The van der Waals surface area contributed by atoms with Crippen LogP contribution in [0.2, 0.25) is 0 Å². The maximum Gasteiger partial charge on any atom is 0.348 e. The minimum atomic E-state index is -0.990. The van der Waals surface area contributed by atoms with Crippen molar-refractivity contribution in [3.8, 4) is 0 Å². The molecule has 2 aliphatic heterocycles. The zero-order valence-electron chi connectivity index (χ0n) is 24.3. The molecule has 11 nitrogen and oxygen atoms in total. The molecule has 0 spiro atoms. The van der Waals surface area contributed by atoms with Gasteiger partial charge >= 0.3 is 17.9 Å². The second-order valence-electron chi connectivity index (χ2n) is 12.6. The molecule has 6 rings (SSSR count). The van der Waals surface area contributed by atoms with Crippen molar-refractivity contribution >= 4 is 29.9 Å². The number of ether oxygens (including phenoxy) is 5. The van der Waals surface area contributed by atoms with E-state index < -0.39 is 53.5 Å². The van der Waals surface area contributed by atoms with Crippen molar-refractivity contribution in [1.82, 2.24) is 5.32 Å². The molecule has 2 heterocycles. The van der Waals surface area contributed by atoms with Crippen LogP contribution in [-0.2, 0) is 38.1 Å². The lowest BCUT2D eigenvalue weighted by atomic mass is 9.90. The first-order valence-corrected chi connectivity index (χ1v) is 14.9. The number of fused-ring (bicyclic) bond motifs is 1. The lowest BCUT2D eigenvalue weighted by Gasteiger charge is -2.31. The minimum Gasteiger partial charge on any atom is -0.462 e. The van der Waals surface area contributed by atoms with Crippen molar-refractivity contribution in [2.75, 3.05) is 19.8 Å². The van der Waals surface area contributed by atoms with Crippen molar-refractivity contribution in [2.24, 2.45) is 17.3 Å². The number of benzene rings is 1. The number of rotatable bonds is 10. The maximum atomic E-state index is 13.4. The Morgan fingerprint density at radius 3 is 2.49 bits per heavy atom. The van der Waals surface area contributed by atoms with Crippen LogP contribution in [-0.4, -0.2) is 78.9 Å². The Balaban J connectivity index is 1.15. The molecule has 230 valence electrons. The summed E-state index contributed by atoms with van der Waals surface area (Å²) in [5.41, 5.74) is 0.597. The van der Waals surface area contributed by atoms with Gasteiger partial charge in [-0.15, -0.1) is 0 Å². The van der Waals surface area contributed by atoms with E-state index in [1.165, 1.54) is 12.2 Å². The lowest BCUT2D eigenvalue weighted by molar-refractivity contribution is -0.209. The molecule has 1 aromatic rings. The zero-order valence-corrected chi connectivity index (χ0v) is 24.3. The van der Waals surface area contributed by atoms with Crippen LogP contribution < -0.4 is 5.32 Å². The maximum absolute atomic E-state index is 13.4. The van der Waals surface area contributed by atoms with Gasteiger partial charge in [-0.05, 0) is 55.5 Å². The van der Waals surface area contributed by atoms with Gasteiger partial charge in [0, 0.05) is 41.9 Å². The Hall–Kier alpha value is -3.54. The first kappa shape index (κ1) is 29.5. The molecule has 0 aromatic heterocycles. The van der Waals surface area contributed by atoms with Gasteiger partial charge < -0.3 is 34.1 Å². The van der Waals surface area contributed by atoms with E-state index in [0.717, 1.165) is 25.7 Å². The number of hydrogen-bond acceptors (Lipinski definition) is 10. The Bertz CT molecular complexity index is 1350. The quantitative estimate of drug-likeness (QED) is 0.235. The summed E-state index contributed by atoms with van der Waals surface area (Å²) in [6, 6.07) is 6.56. The van der Waals surface area contributed by atoms with E-state index in [4.69, 9.17) is 28.8 Å². The number of nitrogens with one attached hydrogen (secondary N) is 1. The van der Waals surface area contributed by atoms with Gasteiger partial charge in [-0.2, -0.15) is 0 Å². The first-order chi connectivity index (χ1) is 20.6. The van der Waals surface area contributed by atoms with Gasteiger partial charge in [0.25, 0.3) is 0 Å². The molecule has 2 saturated carbocycles. The fraction of sp³-hybridized carbons (Fsp3) is 0.562. The first-order valence-electron chi connectivity index (χ1n) is 14.9. The Morgan fingerprint density at radius 1 is 1.09 bits per heavy atom. The van der Waals surface area contributed by atoms with Crippen LogP contribution in [0.3, 0.4) is 0 Å². The molecule has 0 unspecified atom stereocenters. The predicted molar refractivity (Wildman–Crippen MR) is 150 cm³/mol. The number of cyclic esters (lactones) is 1. The van der Waals surface area contributed by atoms with Gasteiger partial charge in [0.05, 0.1) is 12.2 Å². The van der Waals surface area contributed by atoms with E-state index in [1.807, 2.05) is 0 Å². The normalized spacial score (nSPS) is 29.0. The highest BCUT2D eigenvalue weighted by Gasteiger charge is 2.64. The molecule has 2 N–H and O–H groups in total. The third-order valence-electron chi connectivity index (χ3n) is 8.64. The molecule has 3 aliphatic carbocycles. The summed E-state index contributed by atoms with van der Waals surface area (Å²) < 4.78 is 29.5. The van der Waals surface area contributed by atoms with E-state index in [1.54, 1.807) is 44.2 Å². The van der Waals surface area contributed by atoms with Crippen molar-refractivity contribution < 1.29 is 48.0 Å². The number of carbonyl (C=O) groups is 4. The van der Waals surface area contributed by atoms with E-state index >= 15 is 0 Å². The van der Waals surface area contributed by atoms with Crippen molar-refractivity contribution in [3.05, 3.63) is 53.1 Å².